The van der Waals surface area contributed by atoms with Crippen LogP contribution in [0.1, 0.15) is 16.2 Å². The molecule has 0 aliphatic carbocycles. The topological polar surface area (TPSA) is 58.6 Å². The van der Waals surface area contributed by atoms with E-state index in [4.69, 9.17) is 9.84 Å². The largest absolute Gasteiger partial charge is 0.384 e. The summed E-state index contributed by atoms with van der Waals surface area (Å²) < 4.78 is 5.18. The third-order valence-electron chi connectivity index (χ3n) is 2.69. The first-order chi connectivity index (χ1) is 8.79. The summed E-state index contributed by atoms with van der Waals surface area (Å²) in [6.07, 6.45) is 0.809. The van der Waals surface area contributed by atoms with Crippen molar-refractivity contribution in [2.75, 3.05) is 19.8 Å². The lowest BCUT2D eigenvalue weighted by Gasteiger charge is -2.07. The number of carbonyl (C=O) groups excluding carboxylic acids is 1. The number of rotatable bonds is 3. The molecular weight excluding hydrogens is 250 g/mol. The number of aliphatic hydroxyl groups is 1. The fourth-order valence-corrected chi connectivity index (χ4v) is 2.55. The van der Waals surface area contributed by atoms with Crippen molar-refractivity contribution in [2.45, 2.75) is 13.0 Å². The van der Waals surface area contributed by atoms with Gasteiger partial charge in [-0.3, -0.25) is 4.79 Å². The molecule has 1 aliphatic rings. The highest BCUT2D eigenvalue weighted by atomic mass is 32.1. The smallest absolute Gasteiger partial charge is 0.225 e. The van der Waals surface area contributed by atoms with Gasteiger partial charge in [0.1, 0.15) is 6.61 Å². The average Bonchev–Trinajstić information content (AvgIpc) is 3.04. The van der Waals surface area contributed by atoms with Gasteiger partial charge in [-0.2, -0.15) is 0 Å². The second-order valence-electron chi connectivity index (χ2n) is 4.00. The molecule has 2 N–H and O–H groups in total. The molecule has 0 bridgehead atoms. The third kappa shape index (κ3) is 3.57. The number of hydrogen-bond donors (Lipinski definition) is 2. The van der Waals surface area contributed by atoms with Gasteiger partial charge in [0.2, 0.25) is 5.91 Å². The van der Waals surface area contributed by atoms with Crippen LogP contribution in [0.4, 0.5) is 0 Å². The van der Waals surface area contributed by atoms with Crippen LogP contribution in [0.5, 0.6) is 0 Å². The predicted molar refractivity (Wildman–Crippen MR) is 69.1 cm³/mol. The Morgan fingerprint density at radius 1 is 1.61 bits per heavy atom. The molecule has 0 aromatic carbocycles. The van der Waals surface area contributed by atoms with Gasteiger partial charge >= 0.3 is 0 Å². The van der Waals surface area contributed by atoms with E-state index in [1.807, 2.05) is 12.1 Å². The molecule has 1 fully saturated rings. The Kier molecular flexibility index (Phi) is 4.76. The van der Waals surface area contributed by atoms with Gasteiger partial charge in [-0.05, 0) is 18.6 Å². The summed E-state index contributed by atoms with van der Waals surface area (Å²) in [5.74, 6) is 5.50. The highest BCUT2D eigenvalue weighted by Crippen LogP contribution is 2.16. The molecule has 96 valence electrons. The molecule has 2 heterocycles. The minimum absolute atomic E-state index is 0.00128. The van der Waals surface area contributed by atoms with Crippen LogP contribution in [0.3, 0.4) is 0 Å². The number of hydrogen-bond acceptors (Lipinski definition) is 4. The lowest BCUT2D eigenvalue weighted by molar-refractivity contribution is -0.125. The second-order valence-corrected chi connectivity index (χ2v) is 5.17. The van der Waals surface area contributed by atoms with Crippen molar-refractivity contribution >= 4 is 17.2 Å². The predicted octanol–water partition coefficient (Wildman–Crippen LogP) is 0.745. The second kappa shape index (κ2) is 6.55. The number of ether oxygens (including phenoxy) is 1. The maximum Gasteiger partial charge on any atom is 0.225 e. The molecule has 18 heavy (non-hydrogen) atoms. The van der Waals surface area contributed by atoms with E-state index in [2.05, 4.69) is 17.2 Å². The molecule has 4 nitrogen and oxygen atoms in total. The van der Waals surface area contributed by atoms with Crippen molar-refractivity contribution in [3.63, 3.8) is 0 Å². The summed E-state index contributed by atoms with van der Waals surface area (Å²) in [5.41, 5.74) is 0. The van der Waals surface area contributed by atoms with Gasteiger partial charge in [-0.1, -0.05) is 11.8 Å². The fourth-order valence-electron chi connectivity index (χ4n) is 1.73. The van der Waals surface area contributed by atoms with Gasteiger partial charge in [0.15, 0.2) is 0 Å². The highest BCUT2D eigenvalue weighted by molar-refractivity contribution is 7.12. The summed E-state index contributed by atoms with van der Waals surface area (Å²) in [7, 11) is 0. The van der Waals surface area contributed by atoms with Gasteiger partial charge < -0.3 is 15.2 Å². The molecule has 1 aliphatic heterocycles. The molecule has 0 saturated carbocycles. The van der Waals surface area contributed by atoms with Crippen LogP contribution in [0.15, 0.2) is 12.1 Å². The Balaban J connectivity index is 1.82. The van der Waals surface area contributed by atoms with Crippen molar-refractivity contribution in [2.24, 2.45) is 5.92 Å². The maximum absolute atomic E-state index is 11.7. The molecule has 1 amide bonds. The molecule has 1 aromatic rings. The lowest BCUT2D eigenvalue weighted by Crippen LogP contribution is -2.30. The summed E-state index contributed by atoms with van der Waals surface area (Å²) >= 11 is 1.53. The number of amides is 1. The van der Waals surface area contributed by atoms with Crippen molar-refractivity contribution in [3.05, 3.63) is 21.9 Å². The van der Waals surface area contributed by atoms with Crippen molar-refractivity contribution < 1.29 is 14.6 Å². The van der Waals surface area contributed by atoms with Crippen molar-refractivity contribution in [3.8, 4) is 11.8 Å². The first-order valence-corrected chi connectivity index (χ1v) is 6.65. The highest BCUT2D eigenvalue weighted by Gasteiger charge is 2.22. The first-order valence-electron chi connectivity index (χ1n) is 5.83. The number of aliphatic hydroxyl groups excluding tert-OH is 1. The van der Waals surface area contributed by atoms with E-state index in [9.17, 15) is 4.79 Å². The molecule has 0 radical (unpaired) electrons. The van der Waals surface area contributed by atoms with Crippen molar-refractivity contribution in [1.82, 2.24) is 5.32 Å². The molecule has 1 saturated heterocycles. The molecule has 1 atom stereocenters. The normalized spacial score (nSPS) is 18.2. The minimum atomic E-state index is -0.133. The quantitative estimate of drug-likeness (QED) is 0.793. The van der Waals surface area contributed by atoms with E-state index < -0.39 is 0 Å². The Labute approximate surface area is 110 Å². The monoisotopic (exact) mass is 265 g/mol. The number of carbonyl (C=O) groups is 1. The fraction of sp³-hybridized carbons (Fsp3) is 0.462. The average molecular weight is 265 g/mol. The van der Waals surface area contributed by atoms with E-state index in [-0.39, 0.29) is 18.4 Å². The van der Waals surface area contributed by atoms with Gasteiger partial charge in [-0.25, -0.2) is 0 Å². The van der Waals surface area contributed by atoms with Gasteiger partial charge in [-0.15, -0.1) is 11.3 Å². The Bertz CT molecular complexity index is 466. The number of nitrogens with one attached hydrogen (secondary N) is 1. The van der Waals surface area contributed by atoms with Gasteiger partial charge in [0, 0.05) is 11.5 Å². The molecule has 0 spiro atoms. The maximum atomic E-state index is 11.7. The molecule has 2 rings (SSSR count). The molecule has 1 unspecified atom stereocenters. The Morgan fingerprint density at radius 2 is 2.50 bits per heavy atom. The first kappa shape index (κ1) is 13.1. The van der Waals surface area contributed by atoms with Crippen LogP contribution in [0, 0.1) is 17.8 Å². The zero-order valence-electron chi connectivity index (χ0n) is 9.94. The summed E-state index contributed by atoms with van der Waals surface area (Å²) in [5, 5.41) is 11.5. The van der Waals surface area contributed by atoms with Crippen LogP contribution < -0.4 is 5.32 Å². The van der Waals surface area contributed by atoms with Crippen LogP contribution in [-0.2, 0) is 16.1 Å². The van der Waals surface area contributed by atoms with Crippen LogP contribution >= 0.6 is 11.3 Å². The molecule has 1 aromatic heterocycles. The van der Waals surface area contributed by atoms with Gasteiger partial charge in [0.25, 0.3) is 0 Å². The van der Waals surface area contributed by atoms with Crippen LogP contribution in [-0.4, -0.2) is 30.8 Å². The number of thiophene rings is 1. The SMILES string of the molecule is O=C(NCc1ccc(C#CCO)s1)C1CCOC1. The summed E-state index contributed by atoms with van der Waals surface area (Å²) in [4.78, 5) is 13.7. The Morgan fingerprint density at radius 3 is 3.22 bits per heavy atom. The standard InChI is InChI=1S/C13H15NO3S/c15-6-1-2-11-3-4-12(18-11)8-14-13(16)10-5-7-17-9-10/h3-4,10,15H,5-9H2,(H,14,16). The van der Waals surface area contributed by atoms with E-state index in [0.29, 0.717) is 19.8 Å². The summed E-state index contributed by atoms with van der Waals surface area (Å²) in [6, 6.07) is 3.84. The summed E-state index contributed by atoms with van der Waals surface area (Å²) in [6.45, 7) is 1.61. The van der Waals surface area contributed by atoms with Crippen molar-refractivity contribution in [1.29, 1.82) is 0 Å². The van der Waals surface area contributed by atoms with Crippen LogP contribution in [0.25, 0.3) is 0 Å². The molecule has 5 heteroatoms. The van der Waals surface area contributed by atoms with Crippen LogP contribution in [0.2, 0.25) is 0 Å². The Hall–Kier alpha value is -1.35. The third-order valence-corrected chi connectivity index (χ3v) is 3.69. The molecular formula is C13H15NO3S. The van der Waals surface area contributed by atoms with E-state index in [0.717, 1.165) is 16.2 Å². The van der Waals surface area contributed by atoms with E-state index in [1.54, 1.807) is 0 Å². The zero-order valence-corrected chi connectivity index (χ0v) is 10.8. The van der Waals surface area contributed by atoms with Gasteiger partial charge in [0.05, 0.1) is 23.9 Å². The minimum Gasteiger partial charge on any atom is -0.384 e. The van der Waals surface area contributed by atoms with E-state index >= 15 is 0 Å². The van der Waals surface area contributed by atoms with E-state index in [1.165, 1.54) is 11.3 Å². The lowest BCUT2D eigenvalue weighted by atomic mass is 10.1. The zero-order chi connectivity index (χ0) is 12.8.